The van der Waals surface area contributed by atoms with Gasteiger partial charge in [0.1, 0.15) is 11.6 Å². The van der Waals surface area contributed by atoms with Gasteiger partial charge in [-0.2, -0.15) is 9.97 Å². The molecule has 0 aliphatic carbocycles. The molecule has 0 unspecified atom stereocenters. The molecule has 0 aliphatic rings. The third kappa shape index (κ3) is 2.47. The predicted octanol–water partition coefficient (Wildman–Crippen LogP) is 1.12. The summed E-state index contributed by atoms with van der Waals surface area (Å²) in [5.41, 5.74) is 6.51. The fourth-order valence-electron chi connectivity index (χ4n) is 1.29. The van der Waals surface area contributed by atoms with Crippen LogP contribution in [-0.2, 0) is 6.42 Å². The lowest BCUT2D eigenvalue weighted by Gasteiger charge is -1.99. The number of hydrogen-bond donors (Lipinski definition) is 1. The van der Waals surface area contributed by atoms with Gasteiger partial charge in [-0.15, -0.1) is 11.3 Å². The van der Waals surface area contributed by atoms with E-state index in [4.69, 9.17) is 5.73 Å². The van der Waals surface area contributed by atoms with Gasteiger partial charge in [-0.3, -0.25) is 0 Å². The van der Waals surface area contributed by atoms with Crippen molar-refractivity contribution in [3.8, 4) is 0 Å². The Morgan fingerprint density at radius 1 is 1.20 bits per heavy atom. The molecule has 0 atom stereocenters. The summed E-state index contributed by atoms with van der Waals surface area (Å²) in [6.07, 6.45) is 0.609. The van der Waals surface area contributed by atoms with Crippen LogP contribution in [0.15, 0.2) is 5.38 Å². The van der Waals surface area contributed by atoms with Crippen molar-refractivity contribution < 1.29 is 0 Å². The molecule has 0 aromatic carbocycles. The minimum atomic E-state index is 0.268. The minimum Gasteiger partial charge on any atom is -0.368 e. The van der Waals surface area contributed by atoms with Gasteiger partial charge in [0.15, 0.2) is 0 Å². The van der Waals surface area contributed by atoms with E-state index >= 15 is 0 Å². The Labute approximate surface area is 91.4 Å². The largest absolute Gasteiger partial charge is 0.368 e. The molecule has 5 nitrogen and oxygen atoms in total. The van der Waals surface area contributed by atoms with Crippen LogP contribution in [0.25, 0.3) is 0 Å². The van der Waals surface area contributed by atoms with E-state index in [1.54, 1.807) is 18.3 Å². The summed E-state index contributed by atoms with van der Waals surface area (Å²) >= 11 is 1.62. The molecule has 2 N–H and O–H groups in total. The van der Waals surface area contributed by atoms with Crippen molar-refractivity contribution in [2.45, 2.75) is 20.3 Å². The maximum Gasteiger partial charge on any atom is 0.223 e. The first kappa shape index (κ1) is 9.97. The van der Waals surface area contributed by atoms with Crippen LogP contribution in [0.1, 0.15) is 22.4 Å². The van der Waals surface area contributed by atoms with Crippen molar-refractivity contribution in [3.63, 3.8) is 0 Å². The van der Waals surface area contributed by atoms with Gasteiger partial charge in [-0.25, -0.2) is 9.97 Å². The summed E-state index contributed by atoms with van der Waals surface area (Å²) in [5.74, 6) is 1.58. The smallest absolute Gasteiger partial charge is 0.223 e. The van der Waals surface area contributed by atoms with E-state index in [1.807, 2.05) is 12.3 Å². The van der Waals surface area contributed by atoms with E-state index in [1.165, 1.54) is 0 Å². The number of nitrogens with zero attached hydrogens (tertiary/aromatic N) is 4. The number of aryl methyl sites for hydroxylation is 2. The number of aromatic nitrogens is 4. The van der Waals surface area contributed by atoms with E-state index in [0.717, 1.165) is 10.7 Å². The molecule has 0 spiro atoms. The summed E-state index contributed by atoms with van der Waals surface area (Å²) in [6, 6.07) is 0. The lowest BCUT2D eigenvalue weighted by atomic mass is 10.3. The van der Waals surface area contributed by atoms with E-state index in [9.17, 15) is 0 Å². The van der Waals surface area contributed by atoms with Crippen LogP contribution in [-0.4, -0.2) is 19.9 Å². The highest BCUT2D eigenvalue weighted by Crippen LogP contribution is 2.11. The molecule has 2 aromatic heterocycles. The Balaban J connectivity index is 2.24. The van der Waals surface area contributed by atoms with Gasteiger partial charge >= 0.3 is 0 Å². The van der Waals surface area contributed by atoms with Gasteiger partial charge < -0.3 is 5.73 Å². The highest BCUT2D eigenvalue weighted by molar-refractivity contribution is 7.09. The lowest BCUT2D eigenvalue weighted by molar-refractivity contribution is 0.877. The van der Waals surface area contributed by atoms with Gasteiger partial charge in [0.05, 0.1) is 17.1 Å². The van der Waals surface area contributed by atoms with Crippen molar-refractivity contribution in [2.75, 3.05) is 5.73 Å². The molecule has 15 heavy (non-hydrogen) atoms. The quantitative estimate of drug-likeness (QED) is 0.822. The minimum absolute atomic E-state index is 0.268. The topological polar surface area (TPSA) is 77.6 Å². The molecule has 0 saturated carbocycles. The highest BCUT2D eigenvalue weighted by atomic mass is 32.1. The Bertz CT molecular complexity index is 459. The van der Waals surface area contributed by atoms with E-state index in [0.29, 0.717) is 18.1 Å². The Hall–Kier alpha value is -1.56. The van der Waals surface area contributed by atoms with E-state index in [2.05, 4.69) is 19.9 Å². The summed E-state index contributed by atoms with van der Waals surface area (Å²) in [5, 5.41) is 3.05. The summed E-state index contributed by atoms with van der Waals surface area (Å²) in [4.78, 5) is 16.5. The van der Waals surface area contributed by atoms with Gasteiger partial charge in [0.25, 0.3) is 0 Å². The average Bonchev–Trinajstić information content (AvgIpc) is 2.49. The first-order valence-corrected chi connectivity index (χ1v) is 5.39. The van der Waals surface area contributed by atoms with Gasteiger partial charge in [0, 0.05) is 5.38 Å². The van der Waals surface area contributed by atoms with Crippen LogP contribution >= 0.6 is 11.3 Å². The Morgan fingerprint density at radius 2 is 2.00 bits per heavy atom. The van der Waals surface area contributed by atoms with Crippen LogP contribution in [0.2, 0.25) is 0 Å². The molecule has 2 heterocycles. The van der Waals surface area contributed by atoms with Crippen molar-refractivity contribution >= 4 is 17.3 Å². The third-order valence-corrected chi connectivity index (χ3v) is 2.64. The zero-order chi connectivity index (χ0) is 10.8. The first-order chi connectivity index (χ1) is 7.13. The van der Waals surface area contributed by atoms with Crippen molar-refractivity contribution in [2.24, 2.45) is 0 Å². The fraction of sp³-hybridized carbons (Fsp3) is 0.333. The molecule has 2 rings (SSSR count). The zero-order valence-corrected chi connectivity index (χ0v) is 9.38. The number of thiazole rings is 1. The standard InChI is InChI=1S/C9H11N5S/c1-5-11-8(14-9(10)12-5)3-7-4-15-6(2)13-7/h4H,3H2,1-2H3,(H2,10,11,12,14). The second-order valence-corrected chi connectivity index (χ2v) is 4.25. The molecule has 0 amide bonds. The molecular weight excluding hydrogens is 210 g/mol. The Morgan fingerprint density at radius 3 is 2.60 bits per heavy atom. The van der Waals surface area contributed by atoms with E-state index in [-0.39, 0.29) is 5.95 Å². The number of anilines is 1. The first-order valence-electron chi connectivity index (χ1n) is 4.51. The van der Waals surface area contributed by atoms with Crippen molar-refractivity contribution in [1.82, 2.24) is 19.9 Å². The number of nitrogen functional groups attached to an aromatic ring is 1. The maximum atomic E-state index is 5.54. The zero-order valence-electron chi connectivity index (χ0n) is 8.56. The summed E-state index contributed by atoms with van der Waals surface area (Å²) in [6.45, 7) is 3.77. The van der Waals surface area contributed by atoms with Crippen LogP contribution in [0.5, 0.6) is 0 Å². The van der Waals surface area contributed by atoms with Crippen LogP contribution < -0.4 is 5.73 Å². The number of nitrogens with two attached hydrogens (primary N) is 1. The monoisotopic (exact) mass is 221 g/mol. The molecule has 0 radical (unpaired) electrons. The Kier molecular flexibility index (Phi) is 2.59. The molecule has 2 aromatic rings. The lowest BCUT2D eigenvalue weighted by Crippen LogP contribution is -2.05. The van der Waals surface area contributed by atoms with Gasteiger partial charge in [0.2, 0.25) is 5.95 Å². The molecule has 0 saturated heterocycles. The van der Waals surface area contributed by atoms with Crippen molar-refractivity contribution in [1.29, 1.82) is 0 Å². The molecule has 0 bridgehead atoms. The number of rotatable bonds is 2. The van der Waals surface area contributed by atoms with Crippen LogP contribution in [0.3, 0.4) is 0 Å². The molecule has 0 fully saturated rings. The number of hydrogen-bond acceptors (Lipinski definition) is 6. The second kappa shape index (κ2) is 3.90. The average molecular weight is 221 g/mol. The SMILES string of the molecule is Cc1nc(N)nc(Cc2csc(C)n2)n1. The fourth-order valence-corrected chi connectivity index (χ4v) is 1.90. The maximum absolute atomic E-state index is 5.54. The molecular formula is C9H11N5S. The normalized spacial score (nSPS) is 10.5. The molecule has 6 heteroatoms. The summed E-state index contributed by atoms with van der Waals surface area (Å²) < 4.78 is 0. The van der Waals surface area contributed by atoms with Crippen LogP contribution in [0.4, 0.5) is 5.95 Å². The van der Waals surface area contributed by atoms with Crippen LogP contribution in [0, 0.1) is 13.8 Å². The van der Waals surface area contributed by atoms with Gasteiger partial charge in [-0.1, -0.05) is 0 Å². The van der Waals surface area contributed by atoms with Gasteiger partial charge in [-0.05, 0) is 13.8 Å². The third-order valence-electron chi connectivity index (χ3n) is 1.82. The summed E-state index contributed by atoms with van der Waals surface area (Å²) in [7, 11) is 0. The van der Waals surface area contributed by atoms with E-state index < -0.39 is 0 Å². The molecule has 0 aliphatic heterocycles. The second-order valence-electron chi connectivity index (χ2n) is 3.19. The predicted molar refractivity (Wildman–Crippen MR) is 58.6 cm³/mol. The van der Waals surface area contributed by atoms with Crippen molar-refractivity contribution in [3.05, 3.63) is 27.7 Å². The molecule has 78 valence electrons. The highest BCUT2D eigenvalue weighted by Gasteiger charge is 2.05.